The van der Waals surface area contributed by atoms with Crippen LogP contribution in [-0.4, -0.2) is 38.3 Å². The SMILES string of the molecule is C=C(Br)CNCC(=O)NC1CCOCC1. The lowest BCUT2D eigenvalue weighted by Crippen LogP contribution is -2.43. The Morgan fingerprint density at radius 2 is 2.07 bits per heavy atom. The van der Waals surface area contributed by atoms with Crippen LogP contribution in [0.2, 0.25) is 0 Å². The van der Waals surface area contributed by atoms with E-state index in [0.717, 1.165) is 30.5 Å². The molecule has 0 atom stereocenters. The van der Waals surface area contributed by atoms with Crippen LogP contribution in [0.3, 0.4) is 0 Å². The van der Waals surface area contributed by atoms with Crippen LogP contribution in [-0.2, 0) is 9.53 Å². The van der Waals surface area contributed by atoms with E-state index in [1.54, 1.807) is 0 Å². The highest BCUT2D eigenvalue weighted by atomic mass is 79.9. The molecule has 1 amide bonds. The predicted molar refractivity (Wildman–Crippen MR) is 62.9 cm³/mol. The topological polar surface area (TPSA) is 50.4 Å². The van der Waals surface area contributed by atoms with Gasteiger partial charge in [0.15, 0.2) is 0 Å². The molecule has 1 aliphatic heterocycles. The number of halogens is 1. The lowest BCUT2D eigenvalue weighted by molar-refractivity contribution is -0.121. The monoisotopic (exact) mass is 276 g/mol. The van der Waals surface area contributed by atoms with Crippen molar-refractivity contribution in [1.29, 1.82) is 0 Å². The van der Waals surface area contributed by atoms with Crippen LogP contribution < -0.4 is 10.6 Å². The van der Waals surface area contributed by atoms with Crippen molar-refractivity contribution in [2.45, 2.75) is 18.9 Å². The zero-order valence-corrected chi connectivity index (χ0v) is 10.3. The Balaban J connectivity index is 2.09. The van der Waals surface area contributed by atoms with Gasteiger partial charge in [0.05, 0.1) is 6.54 Å². The molecule has 15 heavy (non-hydrogen) atoms. The average molecular weight is 277 g/mol. The molecule has 1 aliphatic rings. The van der Waals surface area contributed by atoms with E-state index in [1.807, 2.05) is 0 Å². The molecule has 1 heterocycles. The second-order valence-electron chi connectivity index (χ2n) is 3.57. The fourth-order valence-corrected chi connectivity index (χ4v) is 1.63. The van der Waals surface area contributed by atoms with Crippen molar-refractivity contribution in [1.82, 2.24) is 10.6 Å². The molecule has 0 aromatic carbocycles. The quantitative estimate of drug-likeness (QED) is 0.781. The van der Waals surface area contributed by atoms with E-state index in [4.69, 9.17) is 4.74 Å². The third kappa shape index (κ3) is 5.92. The summed E-state index contributed by atoms with van der Waals surface area (Å²) in [5, 5.41) is 5.95. The number of nitrogens with one attached hydrogen (secondary N) is 2. The molecule has 0 aromatic heterocycles. The number of carbonyl (C=O) groups is 1. The Hall–Kier alpha value is -0.390. The number of hydrogen-bond acceptors (Lipinski definition) is 3. The van der Waals surface area contributed by atoms with Crippen molar-refractivity contribution in [3.63, 3.8) is 0 Å². The standard InChI is InChI=1S/C10H17BrN2O2/c1-8(11)6-12-7-10(14)13-9-2-4-15-5-3-9/h9,12H,1-7H2,(H,13,14). The van der Waals surface area contributed by atoms with Gasteiger partial charge in [-0.05, 0) is 12.8 Å². The van der Waals surface area contributed by atoms with Gasteiger partial charge in [-0.25, -0.2) is 0 Å². The normalized spacial score (nSPS) is 17.4. The minimum atomic E-state index is 0.0376. The zero-order valence-electron chi connectivity index (χ0n) is 8.72. The molecule has 4 nitrogen and oxygen atoms in total. The van der Waals surface area contributed by atoms with Gasteiger partial charge in [0.1, 0.15) is 0 Å². The fourth-order valence-electron chi connectivity index (χ4n) is 1.43. The number of rotatable bonds is 5. The van der Waals surface area contributed by atoms with Crippen molar-refractivity contribution >= 4 is 21.8 Å². The summed E-state index contributed by atoms with van der Waals surface area (Å²) >= 11 is 3.22. The van der Waals surface area contributed by atoms with Gasteiger partial charge >= 0.3 is 0 Å². The number of amides is 1. The van der Waals surface area contributed by atoms with Crippen LogP contribution in [0, 0.1) is 0 Å². The van der Waals surface area contributed by atoms with Crippen LogP contribution in [0.25, 0.3) is 0 Å². The van der Waals surface area contributed by atoms with Crippen LogP contribution in [0.5, 0.6) is 0 Å². The van der Waals surface area contributed by atoms with E-state index >= 15 is 0 Å². The highest BCUT2D eigenvalue weighted by Gasteiger charge is 2.15. The van der Waals surface area contributed by atoms with E-state index in [1.165, 1.54) is 0 Å². The number of carbonyl (C=O) groups excluding carboxylic acids is 1. The van der Waals surface area contributed by atoms with Crippen molar-refractivity contribution in [3.8, 4) is 0 Å². The Morgan fingerprint density at radius 1 is 1.40 bits per heavy atom. The highest BCUT2D eigenvalue weighted by molar-refractivity contribution is 9.11. The van der Waals surface area contributed by atoms with Crippen LogP contribution in [0.1, 0.15) is 12.8 Å². The molecule has 0 aromatic rings. The third-order valence-corrected chi connectivity index (χ3v) is 2.47. The van der Waals surface area contributed by atoms with Gasteiger partial charge in [0.2, 0.25) is 5.91 Å². The predicted octanol–water partition coefficient (Wildman–Crippen LogP) is 0.780. The third-order valence-electron chi connectivity index (χ3n) is 2.19. The number of hydrogen-bond donors (Lipinski definition) is 2. The molecule has 86 valence electrons. The van der Waals surface area contributed by atoms with Crippen molar-refractivity contribution in [2.24, 2.45) is 0 Å². The molecule has 0 saturated carbocycles. The van der Waals surface area contributed by atoms with E-state index in [9.17, 15) is 4.79 Å². The Labute approximate surface area is 98.6 Å². The van der Waals surface area contributed by atoms with Gasteiger partial charge in [-0.3, -0.25) is 4.79 Å². The first-order valence-electron chi connectivity index (χ1n) is 5.09. The minimum Gasteiger partial charge on any atom is -0.381 e. The number of ether oxygens (including phenoxy) is 1. The Kier molecular flexibility index (Phi) is 5.90. The van der Waals surface area contributed by atoms with Gasteiger partial charge in [0, 0.05) is 30.3 Å². The van der Waals surface area contributed by atoms with E-state index < -0.39 is 0 Å². The minimum absolute atomic E-state index is 0.0376. The molecule has 1 rings (SSSR count). The molecule has 5 heteroatoms. The first-order chi connectivity index (χ1) is 7.18. The van der Waals surface area contributed by atoms with Crippen LogP contribution in [0.4, 0.5) is 0 Å². The maximum Gasteiger partial charge on any atom is 0.234 e. The molecule has 2 N–H and O–H groups in total. The molecule has 0 aliphatic carbocycles. The maximum absolute atomic E-state index is 11.4. The summed E-state index contributed by atoms with van der Waals surface area (Å²) < 4.78 is 6.06. The smallest absolute Gasteiger partial charge is 0.234 e. The summed E-state index contributed by atoms with van der Waals surface area (Å²) in [6.07, 6.45) is 1.83. The highest BCUT2D eigenvalue weighted by Crippen LogP contribution is 2.05. The molecular weight excluding hydrogens is 260 g/mol. The summed E-state index contributed by atoms with van der Waals surface area (Å²) in [5.41, 5.74) is 0. The molecule has 0 radical (unpaired) electrons. The van der Waals surface area contributed by atoms with Crippen molar-refractivity contribution in [3.05, 3.63) is 11.1 Å². The van der Waals surface area contributed by atoms with Gasteiger partial charge in [0.25, 0.3) is 0 Å². The van der Waals surface area contributed by atoms with E-state index in [2.05, 4.69) is 33.1 Å². The maximum atomic E-state index is 11.4. The fraction of sp³-hybridized carbons (Fsp3) is 0.700. The Morgan fingerprint density at radius 3 is 2.67 bits per heavy atom. The molecular formula is C10H17BrN2O2. The van der Waals surface area contributed by atoms with Crippen LogP contribution >= 0.6 is 15.9 Å². The molecule has 1 saturated heterocycles. The molecule has 0 bridgehead atoms. The average Bonchev–Trinajstić information content (AvgIpc) is 2.18. The van der Waals surface area contributed by atoms with Crippen molar-refractivity contribution in [2.75, 3.05) is 26.3 Å². The van der Waals surface area contributed by atoms with Gasteiger partial charge in [-0.1, -0.05) is 22.5 Å². The second-order valence-corrected chi connectivity index (χ2v) is 4.70. The summed E-state index contributed by atoms with van der Waals surface area (Å²) in [5.74, 6) is 0.0376. The lowest BCUT2D eigenvalue weighted by atomic mass is 10.1. The van der Waals surface area contributed by atoms with Gasteiger partial charge in [-0.2, -0.15) is 0 Å². The molecule has 0 unspecified atom stereocenters. The summed E-state index contributed by atoms with van der Waals surface area (Å²) in [7, 11) is 0. The summed E-state index contributed by atoms with van der Waals surface area (Å²) in [4.78, 5) is 11.4. The van der Waals surface area contributed by atoms with Crippen molar-refractivity contribution < 1.29 is 9.53 Å². The first kappa shape index (κ1) is 12.7. The van der Waals surface area contributed by atoms with Gasteiger partial charge < -0.3 is 15.4 Å². The van der Waals surface area contributed by atoms with Crippen LogP contribution in [0.15, 0.2) is 11.1 Å². The largest absolute Gasteiger partial charge is 0.381 e. The Bertz CT molecular complexity index is 227. The molecule has 1 fully saturated rings. The van der Waals surface area contributed by atoms with Gasteiger partial charge in [-0.15, -0.1) is 0 Å². The van der Waals surface area contributed by atoms with E-state index in [0.29, 0.717) is 13.1 Å². The summed E-state index contributed by atoms with van der Waals surface area (Å²) in [6.45, 7) is 6.11. The lowest BCUT2D eigenvalue weighted by Gasteiger charge is -2.23. The summed E-state index contributed by atoms with van der Waals surface area (Å²) in [6, 6.07) is 0.278. The molecule has 0 spiro atoms. The zero-order chi connectivity index (χ0) is 11.1. The first-order valence-corrected chi connectivity index (χ1v) is 5.89. The van der Waals surface area contributed by atoms with E-state index in [-0.39, 0.29) is 11.9 Å². The second kappa shape index (κ2) is 6.98.